The standard InChI is InChI=1S/C14H18N6O/c1-4-10-11(5-2)19-20-14(17-10)18-13(21)12-7-6-9(15-3)8-16-12/h6-8,15H,4-5H2,1-3H3,(H,17,18,20,21). The van der Waals surface area contributed by atoms with Crippen LogP contribution in [0.5, 0.6) is 0 Å². The summed E-state index contributed by atoms with van der Waals surface area (Å²) in [6.07, 6.45) is 3.10. The van der Waals surface area contributed by atoms with E-state index in [9.17, 15) is 4.79 Å². The molecule has 0 aromatic carbocycles. The van der Waals surface area contributed by atoms with E-state index in [-0.39, 0.29) is 11.9 Å². The highest BCUT2D eigenvalue weighted by atomic mass is 16.2. The van der Waals surface area contributed by atoms with E-state index in [0.29, 0.717) is 5.69 Å². The Kier molecular flexibility index (Phi) is 4.76. The van der Waals surface area contributed by atoms with Crippen molar-refractivity contribution in [1.29, 1.82) is 0 Å². The number of carbonyl (C=O) groups is 1. The van der Waals surface area contributed by atoms with E-state index >= 15 is 0 Å². The number of aryl methyl sites for hydroxylation is 2. The van der Waals surface area contributed by atoms with E-state index in [0.717, 1.165) is 29.9 Å². The van der Waals surface area contributed by atoms with Crippen LogP contribution < -0.4 is 10.6 Å². The second kappa shape index (κ2) is 6.74. The Morgan fingerprint density at radius 1 is 1.14 bits per heavy atom. The highest BCUT2D eigenvalue weighted by molar-refractivity contribution is 6.01. The van der Waals surface area contributed by atoms with E-state index in [1.807, 2.05) is 13.8 Å². The smallest absolute Gasteiger partial charge is 0.276 e. The SMILES string of the molecule is CCc1nnc(NC(=O)c2ccc(NC)cn2)nc1CC. The van der Waals surface area contributed by atoms with E-state index < -0.39 is 0 Å². The molecule has 0 aliphatic heterocycles. The summed E-state index contributed by atoms with van der Waals surface area (Å²) in [7, 11) is 1.79. The largest absolute Gasteiger partial charge is 0.387 e. The van der Waals surface area contributed by atoms with Crippen LogP contribution in [-0.4, -0.2) is 33.1 Å². The number of hydrogen-bond donors (Lipinski definition) is 2. The molecule has 0 saturated heterocycles. The van der Waals surface area contributed by atoms with Crippen molar-refractivity contribution in [2.24, 2.45) is 0 Å². The first kappa shape index (κ1) is 14.8. The highest BCUT2D eigenvalue weighted by Gasteiger charge is 2.11. The maximum Gasteiger partial charge on any atom is 0.276 e. The normalized spacial score (nSPS) is 10.2. The van der Waals surface area contributed by atoms with Gasteiger partial charge in [-0.05, 0) is 25.0 Å². The molecule has 7 heteroatoms. The third-order valence-corrected chi connectivity index (χ3v) is 3.02. The molecule has 7 nitrogen and oxygen atoms in total. The van der Waals surface area contributed by atoms with Crippen LogP contribution in [0.1, 0.15) is 35.7 Å². The molecule has 0 fully saturated rings. The maximum atomic E-state index is 12.1. The van der Waals surface area contributed by atoms with Gasteiger partial charge in [0.25, 0.3) is 5.91 Å². The van der Waals surface area contributed by atoms with Crippen molar-refractivity contribution in [3.05, 3.63) is 35.4 Å². The molecule has 0 unspecified atom stereocenters. The summed E-state index contributed by atoms with van der Waals surface area (Å²) in [5.74, 6) is -0.153. The number of amides is 1. The van der Waals surface area contributed by atoms with Crippen molar-refractivity contribution < 1.29 is 4.79 Å². The summed E-state index contributed by atoms with van der Waals surface area (Å²) < 4.78 is 0. The average Bonchev–Trinajstić information content (AvgIpc) is 2.54. The van der Waals surface area contributed by atoms with E-state index in [4.69, 9.17) is 0 Å². The molecule has 0 aliphatic carbocycles. The molecule has 110 valence electrons. The van der Waals surface area contributed by atoms with Crippen LogP contribution >= 0.6 is 0 Å². The molecule has 0 aliphatic rings. The van der Waals surface area contributed by atoms with Crippen molar-refractivity contribution in [2.75, 3.05) is 17.7 Å². The minimum absolute atomic E-state index is 0.202. The third-order valence-electron chi connectivity index (χ3n) is 3.02. The van der Waals surface area contributed by atoms with Gasteiger partial charge < -0.3 is 5.32 Å². The molecule has 0 spiro atoms. The van der Waals surface area contributed by atoms with Crippen LogP contribution in [0.3, 0.4) is 0 Å². The zero-order valence-electron chi connectivity index (χ0n) is 12.3. The minimum Gasteiger partial charge on any atom is -0.387 e. The van der Waals surface area contributed by atoms with Gasteiger partial charge in [0.05, 0.1) is 23.3 Å². The fourth-order valence-electron chi connectivity index (χ4n) is 1.83. The number of pyridine rings is 1. The average molecular weight is 286 g/mol. The summed E-state index contributed by atoms with van der Waals surface area (Å²) in [4.78, 5) is 20.5. The first-order valence-corrected chi connectivity index (χ1v) is 6.85. The molecule has 2 heterocycles. The number of anilines is 2. The van der Waals surface area contributed by atoms with Gasteiger partial charge in [-0.25, -0.2) is 9.97 Å². The number of aromatic nitrogens is 4. The van der Waals surface area contributed by atoms with Crippen molar-refractivity contribution in [2.45, 2.75) is 26.7 Å². The lowest BCUT2D eigenvalue weighted by Crippen LogP contribution is -2.17. The Bertz CT molecular complexity index is 626. The Balaban J connectivity index is 2.14. The molecular weight excluding hydrogens is 268 g/mol. The van der Waals surface area contributed by atoms with Crippen LogP contribution in [-0.2, 0) is 12.8 Å². The fraction of sp³-hybridized carbons (Fsp3) is 0.357. The van der Waals surface area contributed by atoms with Gasteiger partial charge in [-0.1, -0.05) is 13.8 Å². The van der Waals surface area contributed by atoms with Gasteiger partial charge >= 0.3 is 0 Å². The molecule has 2 aromatic heterocycles. The van der Waals surface area contributed by atoms with Gasteiger partial charge in [-0.2, -0.15) is 0 Å². The predicted molar refractivity (Wildman–Crippen MR) is 80.3 cm³/mol. The van der Waals surface area contributed by atoms with Crippen LogP contribution in [0.15, 0.2) is 18.3 Å². The molecule has 1 amide bonds. The first-order chi connectivity index (χ1) is 10.2. The summed E-state index contributed by atoms with van der Waals surface area (Å²) >= 11 is 0. The molecule has 2 aromatic rings. The lowest BCUT2D eigenvalue weighted by atomic mass is 10.2. The van der Waals surface area contributed by atoms with Gasteiger partial charge in [0, 0.05) is 7.05 Å². The van der Waals surface area contributed by atoms with Gasteiger partial charge in [0.1, 0.15) is 5.69 Å². The van der Waals surface area contributed by atoms with Crippen LogP contribution in [0.4, 0.5) is 11.6 Å². The van der Waals surface area contributed by atoms with E-state index in [1.54, 1.807) is 25.4 Å². The zero-order chi connectivity index (χ0) is 15.2. The second-order valence-electron chi connectivity index (χ2n) is 4.37. The Hall–Kier alpha value is -2.57. The molecule has 0 saturated carbocycles. The van der Waals surface area contributed by atoms with Gasteiger partial charge in [0.2, 0.25) is 5.95 Å². The summed E-state index contributed by atoms with van der Waals surface area (Å²) in [6, 6.07) is 3.41. The molecule has 0 bridgehead atoms. The lowest BCUT2D eigenvalue weighted by molar-refractivity contribution is 0.102. The summed E-state index contributed by atoms with van der Waals surface area (Å²) in [5.41, 5.74) is 2.84. The predicted octanol–water partition coefficient (Wildman–Crippen LogP) is 1.69. The van der Waals surface area contributed by atoms with Crippen molar-refractivity contribution >= 4 is 17.5 Å². The number of hydrogen-bond acceptors (Lipinski definition) is 6. The van der Waals surface area contributed by atoms with Crippen molar-refractivity contribution in [3.63, 3.8) is 0 Å². The number of rotatable bonds is 5. The minimum atomic E-state index is -0.356. The molecule has 0 atom stereocenters. The van der Waals surface area contributed by atoms with E-state index in [2.05, 4.69) is 30.8 Å². The second-order valence-corrected chi connectivity index (χ2v) is 4.37. The molecule has 0 radical (unpaired) electrons. The van der Waals surface area contributed by atoms with Crippen molar-refractivity contribution in [1.82, 2.24) is 20.2 Å². The van der Waals surface area contributed by atoms with E-state index in [1.165, 1.54) is 0 Å². The monoisotopic (exact) mass is 286 g/mol. The first-order valence-electron chi connectivity index (χ1n) is 6.85. The van der Waals surface area contributed by atoms with Crippen molar-refractivity contribution in [3.8, 4) is 0 Å². The Morgan fingerprint density at radius 3 is 2.48 bits per heavy atom. The fourth-order valence-corrected chi connectivity index (χ4v) is 1.83. The van der Waals surface area contributed by atoms with Gasteiger partial charge in [0.15, 0.2) is 0 Å². The Morgan fingerprint density at radius 2 is 1.90 bits per heavy atom. The molecule has 21 heavy (non-hydrogen) atoms. The summed E-state index contributed by atoms with van der Waals surface area (Å²) in [5, 5.41) is 13.6. The summed E-state index contributed by atoms with van der Waals surface area (Å²) in [6.45, 7) is 3.99. The number of nitrogens with zero attached hydrogens (tertiary/aromatic N) is 4. The Labute approximate surface area is 123 Å². The molecular formula is C14H18N6O. The zero-order valence-corrected chi connectivity index (χ0v) is 12.3. The highest BCUT2D eigenvalue weighted by Crippen LogP contribution is 2.09. The molecule has 2 N–H and O–H groups in total. The van der Waals surface area contributed by atoms with Gasteiger partial charge in [-0.15, -0.1) is 10.2 Å². The quantitative estimate of drug-likeness (QED) is 0.868. The number of carbonyl (C=O) groups excluding carboxylic acids is 1. The van der Waals surface area contributed by atoms with Gasteiger partial charge in [-0.3, -0.25) is 10.1 Å². The maximum absolute atomic E-state index is 12.1. The molecule has 2 rings (SSSR count). The van der Waals surface area contributed by atoms with Crippen LogP contribution in [0, 0.1) is 0 Å². The number of nitrogens with one attached hydrogen (secondary N) is 2. The van der Waals surface area contributed by atoms with Crippen LogP contribution in [0.2, 0.25) is 0 Å². The topological polar surface area (TPSA) is 92.7 Å². The third kappa shape index (κ3) is 3.50. The van der Waals surface area contributed by atoms with Crippen LogP contribution in [0.25, 0.3) is 0 Å². The lowest BCUT2D eigenvalue weighted by Gasteiger charge is -2.07.